The van der Waals surface area contributed by atoms with Gasteiger partial charge in [-0.1, -0.05) is 12.1 Å². The zero-order valence-electron chi connectivity index (χ0n) is 14.5. The molecule has 2 fully saturated rings. The summed E-state index contributed by atoms with van der Waals surface area (Å²) in [5.74, 6) is 0.333. The number of nitrogens with one attached hydrogen (secondary N) is 1. The second-order valence-electron chi connectivity index (χ2n) is 7.16. The summed E-state index contributed by atoms with van der Waals surface area (Å²) in [7, 11) is 0. The largest absolute Gasteiger partial charge is 0.341 e. The van der Waals surface area contributed by atoms with Crippen molar-refractivity contribution in [3.05, 3.63) is 35.6 Å². The summed E-state index contributed by atoms with van der Waals surface area (Å²) in [4.78, 5) is 17.2. The molecular weight excluding hydrogens is 305 g/mol. The van der Waals surface area contributed by atoms with Crippen LogP contribution in [0, 0.1) is 11.7 Å². The Bertz CT molecular complexity index is 548. The van der Waals surface area contributed by atoms with Crippen LogP contribution in [0.25, 0.3) is 0 Å². The van der Waals surface area contributed by atoms with Gasteiger partial charge in [0.2, 0.25) is 5.91 Å². The SMILES string of the molecule is C[C@H]1C[C@@H](C(=O)N2CCCN(Cc3ccc(F)cc3)CC2)CCN1. The predicted molar refractivity (Wildman–Crippen MR) is 93.1 cm³/mol. The first-order valence-corrected chi connectivity index (χ1v) is 9.11. The van der Waals surface area contributed by atoms with E-state index in [1.807, 2.05) is 12.1 Å². The van der Waals surface area contributed by atoms with Gasteiger partial charge in [0.1, 0.15) is 5.82 Å². The normalized spacial score (nSPS) is 26.2. The van der Waals surface area contributed by atoms with E-state index < -0.39 is 0 Å². The van der Waals surface area contributed by atoms with E-state index in [9.17, 15) is 9.18 Å². The number of rotatable bonds is 3. The maximum absolute atomic E-state index is 13.0. The van der Waals surface area contributed by atoms with E-state index in [1.165, 1.54) is 12.1 Å². The van der Waals surface area contributed by atoms with E-state index in [4.69, 9.17) is 0 Å². The summed E-state index contributed by atoms with van der Waals surface area (Å²) in [6, 6.07) is 7.16. The van der Waals surface area contributed by atoms with Crippen molar-refractivity contribution >= 4 is 5.91 Å². The lowest BCUT2D eigenvalue weighted by Gasteiger charge is -2.31. The Morgan fingerprint density at radius 2 is 2.00 bits per heavy atom. The molecule has 132 valence electrons. The Kier molecular flexibility index (Phi) is 5.85. The number of carbonyl (C=O) groups excluding carboxylic acids is 1. The number of benzene rings is 1. The minimum Gasteiger partial charge on any atom is -0.341 e. The van der Waals surface area contributed by atoms with Gasteiger partial charge in [-0.2, -0.15) is 0 Å². The molecule has 0 aliphatic carbocycles. The number of piperidine rings is 1. The highest BCUT2D eigenvalue weighted by molar-refractivity contribution is 5.79. The first-order chi connectivity index (χ1) is 11.6. The lowest BCUT2D eigenvalue weighted by Crippen LogP contribution is -2.45. The van der Waals surface area contributed by atoms with Crippen molar-refractivity contribution in [1.29, 1.82) is 0 Å². The monoisotopic (exact) mass is 333 g/mol. The second kappa shape index (κ2) is 8.08. The fourth-order valence-electron chi connectivity index (χ4n) is 3.81. The van der Waals surface area contributed by atoms with Gasteiger partial charge in [-0.3, -0.25) is 9.69 Å². The molecule has 0 unspecified atom stereocenters. The number of nitrogens with zero attached hydrogens (tertiary/aromatic N) is 2. The molecule has 0 saturated carbocycles. The number of hydrogen-bond donors (Lipinski definition) is 1. The van der Waals surface area contributed by atoms with Crippen LogP contribution in [0.2, 0.25) is 0 Å². The van der Waals surface area contributed by atoms with Crippen LogP contribution in [0.4, 0.5) is 4.39 Å². The zero-order valence-corrected chi connectivity index (χ0v) is 14.5. The highest BCUT2D eigenvalue weighted by Gasteiger charge is 2.29. The molecule has 1 aromatic carbocycles. The quantitative estimate of drug-likeness (QED) is 0.921. The molecule has 0 radical (unpaired) electrons. The van der Waals surface area contributed by atoms with E-state index in [2.05, 4.69) is 22.0 Å². The van der Waals surface area contributed by atoms with Crippen LogP contribution in [0.1, 0.15) is 31.7 Å². The molecule has 5 heteroatoms. The van der Waals surface area contributed by atoms with Crippen LogP contribution in [-0.4, -0.2) is 54.5 Å². The van der Waals surface area contributed by atoms with Gasteiger partial charge in [0.25, 0.3) is 0 Å². The van der Waals surface area contributed by atoms with Crippen molar-refractivity contribution in [3.63, 3.8) is 0 Å². The molecule has 2 aliphatic heterocycles. The lowest BCUT2D eigenvalue weighted by molar-refractivity contribution is -0.136. The van der Waals surface area contributed by atoms with E-state index >= 15 is 0 Å². The van der Waals surface area contributed by atoms with Gasteiger partial charge in [-0.25, -0.2) is 4.39 Å². The van der Waals surface area contributed by atoms with E-state index in [-0.39, 0.29) is 11.7 Å². The molecule has 1 N–H and O–H groups in total. The third-order valence-electron chi connectivity index (χ3n) is 5.19. The third-order valence-corrected chi connectivity index (χ3v) is 5.19. The van der Waals surface area contributed by atoms with Crippen molar-refractivity contribution in [2.24, 2.45) is 5.92 Å². The average molecular weight is 333 g/mol. The Hall–Kier alpha value is -1.46. The van der Waals surface area contributed by atoms with Crippen LogP contribution >= 0.6 is 0 Å². The molecule has 2 aliphatic rings. The van der Waals surface area contributed by atoms with Crippen LogP contribution in [0.3, 0.4) is 0 Å². The molecule has 1 amide bonds. The summed E-state index contributed by atoms with van der Waals surface area (Å²) in [5, 5.41) is 3.41. The fraction of sp³-hybridized carbons (Fsp3) is 0.632. The second-order valence-corrected chi connectivity index (χ2v) is 7.16. The van der Waals surface area contributed by atoms with E-state index in [1.54, 1.807) is 0 Å². The number of amides is 1. The Morgan fingerprint density at radius 1 is 1.21 bits per heavy atom. The van der Waals surface area contributed by atoms with Gasteiger partial charge in [-0.15, -0.1) is 0 Å². The first kappa shape index (κ1) is 17.4. The van der Waals surface area contributed by atoms with E-state index in [0.29, 0.717) is 11.9 Å². The minimum atomic E-state index is -0.192. The molecule has 0 aromatic heterocycles. The highest BCUT2D eigenvalue weighted by atomic mass is 19.1. The maximum Gasteiger partial charge on any atom is 0.225 e. The number of halogens is 1. The highest BCUT2D eigenvalue weighted by Crippen LogP contribution is 2.20. The van der Waals surface area contributed by atoms with Gasteiger partial charge in [-0.05, 0) is 50.4 Å². The number of carbonyl (C=O) groups is 1. The summed E-state index contributed by atoms with van der Waals surface area (Å²) in [6.45, 7) is 7.48. The summed E-state index contributed by atoms with van der Waals surface area (Å²) in [6.07, 6.45) is 2.92. The van der Waals surface area contributed by atoms with E-state index in [0.717, 1.165) is 64.1 Å². The molecule has 24 heavy (non-hydrogen) atoms. The maximum atomic E-state index is 13.0. The predicted octanol–water partition coefficient (Wildman–Crippen LogP) is 2.25. The molecule has 3 rings (SSSR count). The van der Waals surface area contributed by atoms with Crippen LogP contribution < -0.4 is 5.32 Å². The smallest absolute Gasteiger partial charge is 0.225 e. The molecule has 0 bridgehead atoms. The van der Waals surface area contributed by atoms with Gasteiger partial charge in [0, 0.05) is 44.7 Å². The third kappa shape index (κ3) is 4.54. The fourth-order valence-corrected chi connectivity index (χ4v) is 3.81. The lowest BCUT2D eigenvalue weighted by atomic mass is 9.92. The Labute approximate surface area is 144 Å². The van der Waals surface area contributed by atoms with Gasteiger partial charge >= 0.3 is 0 Å². The average Bonchev–Trinajstić information content (AvgIpc) is 2.82. The van der Waals surface area contributed by atoms with Crippen molar-refractivity contribution in [2.45, 2.75) is 38.8 Å². The van der Waals surface area contributed by atoms with Crippen molar-refractivity contribution in [2.75, 3.05) is 32.7 Å². The Balaban J connectivity index is 1.52. The first-order valence-electron chi connectivity index (χ1n) is 9.11. The molecular formula is C19H28FN3O. The van der Waals surface area contributed by atoms with Gasteiger partial charge in [0.15, 0.2) is 0 Å². The molecule has 2 atom stereocenters. The zero-order chi connectivity index (χ0) is 16.9. The summed E-state index contributed by atoms with van der Waals surface area (Å²) in [5.41, 5.74) is 1.13. The molecule has 1 aromatic rings. The molecule has 2 heterocycles. The van der Waals surface area contributed by atoms with Crippen LogP contribution in [0.5, 0.6) is 0 Å². The van der Waals surface area contributed by atoms with Gasteiger partial charge in [0.05, 0.1) is 0 Å². The molecule has 0 spiro atoms. The van der Waals surface area contributed by atoms with Gasteiger partial charge < -0.3 is 10.2 Å². The summed E-state index contributed by atoms with van der Waals surface area (Å²) >= 11 is 0. The van der Waals surface area contributed by atoms with Crippen LogP contribution in [-0.2, 0) is 11.3 Å². The van der Waals surface area contributed by atoms with Crippen LogP contribution in [0.15, 0.2) is 24.3 Å². The minimum absolute atomic E-state index is 0.185. The standard InChI is InChI=1S/C19H28FN3O/c1-15-13-17(7-8-21-15)19(24)23-10-2-9-22(11-12-23)14-16-3-5-18(20)6-4-16/h3-6,15,17,21H,2,7-14H2,1H3/t15-,17-/m0/s1. The van der Waals surface area contributed by atoms with Crippen molar-refractivity contribution in [3.8, 4) is 0 Å². The van der Waals surface area contributed by atoms with Crippen molar-refractivity contribution in [1.82, 2.24) is 15.1 Å². The van der Waals surface area contributed by atoms with Crippen molar-refractivity contribution < 1.29 is 9.18 Å². The Morgan fingerprint density at radius 3 is 2.75 bits per heavy atom. The molecule has 2 saturated heterocycles. The summed E-state index contributed by atoms with van der Waals surface area (Å²) < 4.78 is 13.0. The number of hydrogen-bond acceptors (Lipinski definition) is 3. The molecule has 4 nitrogen and oxygen atoms in total. The topological polar surface area (TPSA) is 35.6 Å².